The van der Waals surface area contributed by atoms with E-state index < -0.39 is 0 Å². The minimum atomic E-state index is -0.383. The number of methoxy groups -OCH3 is 2. The molecule has 0 unspecified atom stereocenters. The van der Waals surface area contributed by atoms with Crippen molar-refractivity contribution in [2.45, 2.75) is 6.61 Å². The van der Waals surface area contributed by atoms with E-state index in [0.717, 1.165) is 21.5 Å². The summed E-state index contributed by atoms with van der Waals surface area (Å²) in [5, 5.41) is 3.48. The summed E-state index contributed by atoms with van der Waals surface area (Å²) in [5.74, 6) is 0.884. The fraction of sp³-hybridized carbons (Fsp3) is 0.143. The van der Waals surface area contributed by atoms with Crippen LogP contribution < -0.4 is 9.47 Å². The van der Waals surface area contributed by atoms with Crippen LogP contribution in [0.1, 0.15) is 16.1 Å². The van der Waals surface area contributed by atoms with Gasteiger partial charge >= 0.3 is 5.97 Å². The second-order valence-electron chi connectivity index (χ2n) is 6.01. The highest BCUT2D eigenvalue weighted by Gasteiger charge is 2.16. The molecule has 0 fully saturated rings. The molecule has 0 atom stereocenters. The highest BCUT2D eigenvalue weighted by molar-refractivity contribution is 7.13. The van der Waals surface area contributed by atoms with Crippen LogP contribution in [0.4, 0.5) is 0 Å². The predicted molar refractivity (Wildman–Crippen MR) is 108 cm³/mol. The van der Waals surface area contributed by atoms with Gasteiger partial charge in [0.05, 0.1) is 31.0 Å². The molecule has 0 saturated carbocycles. The molecule has 7 heteroatoms. The Hall–Kier alpha value is -3.32. The third-order valence-electron chi connectivity index (χ3n) is 4.35. The summed E-state index contributed by atoms with van der Waals surface area (Å²) in [6, 6.07) is 13.2. The van der Waals surface area contributed by atoms with Crippen molar-refractivity contribution < 1.29 is 19.0 Å². The number of thiazole rings is 1. The van der Waals surface area contributed by atoms with Gasteiger partial charge in [-0.2, -0.15) is 0 Å². The van der Waals surface area contributed by atoms with Crippen molar-refractivity contribution in [3.63, 3.8) is 0 Å². The molecular formula is C21H18N2O4S. The third kappa shape index (κ3) is 3.32. The Morgan fingerprint density at radius 3 is 2.79 bits per heavy atom. The molecule has 0 aliphatic heterocycles. The van der Waals surface area contributed by atoms with E-state index in [2.05, 4.69) is 9.97 Å². The van der Waals surface area contributed by atoms with Gasteiger partial charge in [-0.1, -0.05) is 24.3 Å². The molecule has 2 aromatic heterocycles. The Balaban J connectivity index is 1.51. The molecule has 2 aromatic carbocycles. The Morgan fingerprint density at radius 1 is 1.11 bits per heavy atom. The van der Waals surface area contributed by atoms with Gasteiger partial charge in [-0.05, 0) is 18.2 Å². The van der Waals surface area contributed by atoms with Crippen molar-refractivity contribution in [2.75, 3.05) is 14.2 Å². The number of para-hydroxylation sites is 2. The number of hydrogen-bond donors (Lipinski definition) is 1. The van der Waals surface area contributed by atoms with Gasteiger partial charge in [0.1, 0.15) is 11.6 Å². The number of carbonyl (C=O) groups excluding carboxylic acids is 1. The first-order chi connectivity index (χ1) is 13.7. The van der Waals surface area contributed by atoms with Crippen molar-refractivity contribution in [1.82, 2.24) is 9.97 Å². The maximum absolute atomic E-state index is 12.5. The van der Waals surface area contributed by atoms with Crippen molar-refractivity contribution in [1.29, 1.82) is 0 Å². The molecule has 0 aliphatic rings. The minimum Gasteiger partial charge on any atom is -0.493 e. The number of nitrogens with one attached hydrogen (secondary N) is 1. The van der Waals surface area contributed by atoms with Crippen molar-refractivity contribution in [2.24, 2.45) is 0 Å². The second kappa shape index (κ2) is 7.74. The summed E-state index contributed by atoms with van der Waals surface area (Å²) in [6.07, 6.45) is 1.67. The Kier molecular flexibility index (Phi) is 4.99. The SMILES string of the molecule is COc1cccc(-c2nc(COC(=O)c3c[nH]c4ccccc34)cs2)c1OC. The van der Waals surface area contributed by atoms with Crippen LogP contribution in [-0.4, -0.2) is 30.2 Å². The lowest BCUT2D eigenvalue weighted by molar-refractivity contribution is 0.0471. The molecule has 6 nitrogen and oxygen atoms in total. The van der Waals surface area contributed by atoms with Crippen molar-refractivity contribution in [3.05, 3.63) is 65.3 Å². The molecule has 2 heterocycles. The summed E-state index contributed by atoms with van der Waals surface area (Å²) in [4.78, 5) is 20.1. The Labute approximate surface area is 165 Å². The van der Waals surface area contributed by atoms with E-state index in [1.54, 1.807) is 20.4 Å². The van der Waals surface area contributed by atoms with Crippen LogP contribution >= 0.6 is 11.3 Å². The van der Waals surface area contributed by atoms with Gasteiger partial charge < -0.3 is 19.2 Å². The van der Waals surface area contributed by atoms with Gasteiger partial charge in [-0.3, -0.25) is 0 Å². The highest BCUT2D eigenvalue weighted by atomic mass is 32.1. The predicted octanol–water partition coefficient (Wildman–Crippen LogP) is 4.67. The van der Waals surface area contributed by atoms with E-state index in [9.17, 15) is 4.79 Å². The molecule has 0 amide bonds. The smallest absolute Gasteiger partial charge is 0.340 e. The second-order valence-corrected chi connectivity index (χ2v) is 6.87. The van der Waals surface area contributed by atoms with Gasteiger partial charge in [-0.25, -0.2) is 9.78 Å². The summed E-state index contributed by atoms with van der Waals surface area (Å²) in [6.45, 7) is 0.0983. The number of rotatable bonds is 6. The van der Waals surface area contributed by atoms with Crippen molar-refractivity contribution >= 4 is 28.2 Å². The maximum atomic E-state index is 12.5. The van der Waals surface area contributed by atoms with E-state index in [1.807, 2.05) is 47.8 Å². The third-order valence-corrected chi connectivity index (χ3v) is 5.27. The molecule has 4 rings (SSSR count). The van der Waals surface area contributed by atoms with Crippen molar-refractivity contribution in [3.8, 4) is 22.1 Å². The molecule has 28 heavy (non-hydrogen) atoms. The molecule has 0 radical (unpaired) electrons. The Bertz CT molecular complexity index is 1130. The number of ether oxygens (including phenoxy) is 3. The first-order valence-electron chi connectivity index (χ1n) is 8.60. The van der Waals surface area contributed by atoms with E-state index in [1.165, 1.54) is 11.3 Å². The zero-order chi connectivity index (χ0) is 19.5. The lowest BCUT2D eigenvalue weighted by Crippen LogP contribution is -2.04. The van der Waals surface area contributed by atoms with Crippen LogP contribution in [0.3, 0.4) is 0 Å². The average molecular weight is 394 g/mol. The first kappa shape index (κ1) is 18.1. The monoisotopic (exact) mass is 394 g/mol. The minimum absolute atomic E-state index is 0.0983. The van der Waals surface area contributed by atoms with Gasteiger partial charge in [0.15, 0.2) is 11.5 Å². The topological polar surface area (TPSA) is 73.4 Å². The first-order valence-corrected chi connectivity index (χ1v) is 9.48. The summed E-state index contributed by atoms with van der Waals surface area (Å²) < 4.78 is 16.3. The number of fused-ring (bicyclic) bond motifs is 1. The fourth-order valence-corrected chi connectivity index (χ4v) is 3.84. The molecule has 4 aromatic rings. The van der Waals surface area contributed by atoms with Crippen LogP contribution in [0.15, 0.2) is 54.0 Å². The van der Waals surface area contributed by atoms with Gasteiger partial charge in [0.2, 0.25) is 0 Å². The van der Waals surface area contributed by atoms with Gasteiger partial charge in [0, 0.05) is 22.5 Å². The van der Waals surface area contributed by atoms with Crippen LogP contribution in [0.5, 0.6) is 11.5 Å². The quantitative estimate of drug-likeness (QED) is 0.481. The molecule has 0 saturated heterocycles. The van der Waals surface area contributed by atoms with E-state index in [-0.39, 0.29) is 12.6 Å². The molecular weight excluding hydrogens is 376 g/mol. The number of esters is 1. The van der Waals surface area contributed by atoms with Gasteiger partial charge in [0.25, 0.3) is 0 Å². The van der Waals surface area contributed by atoms with E-state index >= 15 is 0 Å². The fourth-order valence-electron chi connectivity index (χ4n) is 3.01. The van der Waals surface area contributed by atoms with Crippen LogP contribution in [-0.2, 0) is 11.3 Å². The number of H-pyrrole nitrogens is 1. The molecule has 142 valence electrons. The zero-order valence-corrected chi connectivity index (χ0v) is 16.2. The number of aromatic nitrogens is 2. The van der Waals surface area contributed by atoms with Crippen LogP contribution in [0.2, 0.25) is 0 Å². The number of nitrogens with zero attached hydrogens (tertiary/aromatic N) is 1. The largest absolute Gasteiger partial charge is 0.493 e. The van der Waals surface area contributed by atoms with Crippen LogP contribution in [0, 0.1) is 0 Å². The van der Waals surface area contributed by atoms with E-state index in [4.69, 9.17) is 14.2 Å². The lowest BCUT2D eigenvalue weighted by Gasteiger charge is -2.10. The average Bonchev–Trinajstić information content (AvgIpc) is 3.38. The number of benzene rings is 2. The number of hydrogen-bond acceptors (Lipinski definition) is 6. The summed E-state index contributed by atoms with van der Waals surface area (Å²) in [5.41, 5.74) is 2.93. The normalized spacial score (nSPS) is 10.8. The molecule has 0 spiro atoms. The standard InChI is InChI=1S/C21H18N2O4S/c1-25-18-9-5-7-15(19(18)26-2)20-23-13(12-28-20)11-27-21(24)16-10-22-17-8-4-3-6-14(16)17/h3-10,12,22H,11H2,1-2H3. The number of aromatic amines is 1. The summed E-state index contributed by atoms with van der Waals surface area (Å²) >= 11 is 1.46. The molecule has 0 aliphatic carbocycles. The van der Waals surface area contributed by atoms with Gasteiger partial charge in [-0.15, -0.1) is 11.3 Å². The maximum Gasteiger partial charge on any atom is 0.340 e. The molecule has 0 bridgehead atoms. The zero-order valence-electron chi connectivity index (χ0n) is 15.4. The number of carbonyl (C=O) groups is 1. The Morgan fingerprint density at radius 2 is 1.96 bits per heavy atom. The van der Waals surface area contributed by atoms with E-state index in [0.29, 0.717) is 22.8 Å². The van der Waals surface area contributed by atoms with Crippen LogP contribution in [0.25, 0.3) is 21.5 Å². The highest BCUT2D eigenvalue weighted by Crippen LogP contribution is 2.39. The summed E-state index contributed by atoms with van der Waals surface area (Å²) in [7, 11) is 3.19. The lowest BCUT2D eigenvalue weighted by atomic mass is 10.2. The molecule has 1 N–H and O–H groups in total.